The topological polar surface area (TPSA) is 97.0 Å². The molecule has 4 aromatic rings. The van der Waals surface area contributed by atoms with Crippen LogP contribution in [0.25, 0.3) is 22.2 Å². The monoisotopic (exact) mass is 460 g/mol. The molecule has 8 heteroatoms. The molecule has 33 heavy (non-hydrogen) atoms. The van der Waals surface area contributed by atoms with Crippen molar-refractivity contribution in [2.45, 2.75) is 27.0 Å². The highest BCUT2D eigenvalue weighted by atomic mass is 32.2. The summed E-state index contributed by atoms with van der Waals surface area (Å²) < 4.78 is 34.2. The van der Waals surface area contributed by atoms with Gasteiger partial charge in [0.2, 0.25) is 10.0 Å². The number of sulfonamides is 1. The number of benzene rings is 2. The zero-order valence-corrected chi connectivity index (χ0v) is 19.3. The van der Waals surface area contributed by atoms with E-state index in [4.69, 9.17) is 4.74 Å². The Labute approximate surface area is 193 Å². The van der Waals surface area contributed by atoms with Crippen LogP contribution in [-0.4, -0.2) is 23.7 Å². The van der Waals surface area contributed by atoms with E-state index >= 15 is 0 Å². The van der Waals surface area contributed by atoms with E-state index in [9.17, 15) is 13.7 Å². The fraction of sp³-hybridized carbons (Fsp3) is 0.200. The van der Waals surface area contributed by atoms with E-state index in [-0.39, 0.29) is 5.75 Å². The number of anilines is 1. The smallest absolute Gasteiger partial charge is 0.232 e. The van der Waals surface area contributed by atoms with E-state index in [0.717, 1.165) is 27.9 Å². The molecule has 0 saturated heterocycles. The van der Waals surface area contributed by atoms with Crippen molar-refractivity contribution < 1.29 is 13.2 Å². The van der Waals surface area contributed by atoms with E-state index < -0.39 is 10.0 Å². The highest BCUT2D eigenvalue weighted by molar-refractivity contribution is 7.92. The van der Waals surface area contributed by atoms with Crippen molar-refractivity contribution in [2.75, 3.05) is 10.5 Å². The Morgan fingerprint density at radius 3 is 2.52 bits per heavy atom. The fourth-order valence-corrected chi connectivity index (χ4v) is 4.39. The lowest BCUT2D eigenvalue weighted by molar-refractivity contribution is 0.301. The Hall–Kier alpha value is -3.83. The fourth-order valence-electron chi connectivity index (χ4n) is 3.75. The number of rotatable bonds is 8. The van der Waals surface area contributed by atoms with E-state index in [1.165, 1.54) is 0 Å². The molecule has 0 radical (unpaired) electrons. The van der Waals surface area contributed by atoms with Gasteiger partial charge in [0, 0.05) is 29.9 Å². The van der Waals surface area contributed by atoms with Crippen LogP contribution in [0.2, 0.25) is 0 Å². The molecule has 7 nitrogen and oxygen atoms in total. The highest BCUT2D eigenvalue weighted by Gasteiger charge is 2.19. The number of aryl methyl sites for hydroxylation is 1. The standard InChI is InChI=1S/C25H24N4O3S/c1-3-29-24-15-21(32-17-20-7-5-6-14-27-20)12-13-22(24)23(16-26)25(29)18-8-10-19(11-9-18)28-33(30,31)4-2/h5-15,28H,3-4,17H2,1-2H3. The number of hydrogen-bond acceptors (Lipinski definition) is 5. The van der Waals surface area contributed by atoms with Gasteiger partial charge in [0.25, 0.3) is 0 Å². The van der Waals surface area contributed by atoms with E-state index in [1.807, 2.05) is 55.5 Å². The van der Waals surface area contributed by atoms with E-state index in [0.29, 0.717) is 30.2 Å². The summed E-state index contributed by atoms with van der Waals surface area (Å²) in [7, 11) is -3.35. The normalized spacial score (nSPS) is 11.3. The summed E-state index contributed by atoms with van der Waals surface area (Å²) in [6.07, 6.45) is 1.73. The Bertz CT molecular complexity index is 1420. The Morgan fingerprint density at radius 2 is 1.88 bits per heavy atom. The van der Waals surface area contributed by atoms with Crippen molar-refractivity contribution in [3.05, 3.63) is 78.1 Å². The van der Waals surface area contributed by atoms with Crippen molar-refractivity contribution in [3.8, 4) is 23.1 Å². The maximum atomic E-state index is 11.8. The predicted molar refractivity (Wildman–Crippen MR) is 129 cm³/mol. The molecular formula is C25H24N4O3S. The zero-order chi connectivity index (χ0) is 23.4. The van der Waals surface area contributed by atoms with Crippen molar-refractivity contribution in [2.24, 2.45) is 0 Å². The second-order valence-corrected chi connectivity index (χ2v) is 9.46. The first-order valence-corrected chi connectivity index (χ1v) is 12.3. The SMILES string of the molecule is CCn1c(-c2ccc(NS(=O)(=O)CC)cc2)c(C#N)c2ccc(OCc3ccccn3)cc21. The number of pyridine rings is 1. The largest absolute Gasteiger partial charge is 0.487 e. The number of hydrogen-bond donors (Lipinski definition) is 1. The highest BCUT2D eigenvalue weighted by Crippen LogP contribution is 2.36. The van der Waals surface area contributed by atoms with E-state index in [1.54, 1.807) is 25.3 Å². The molecule has 0 amide bonds. The molecule has 0 spiro atoms. The summed E-state index contributed by atoms with van der Waals surface area (Å²) in [6.45, 7) is 4.62. The van der Waals surface area contributed by atoms with Gasteiger partial charge in [-0.05, 0) is 55.8 Å². The van der Waals surface area contributed by atoms with Crippen LogP contribution < -0.4 is 9.46 Å². The van der Waals surface area contributed by atoms with Gasteiger partial charge in [0.1, 0.15) is 18.4 Å². The summed E-state index contributed by atoms with van der Waals surface area (Å²) in [5.74, 6) is 0.697. The summed E-state index contributed by atoms with van der Waals surface area (Å²) in [5, 5.41) is 10.8. The molecule has 2 heterocycles. The van der Waals surface area contributed by atoms with Crippen LogP contribution in [0.4, 0.5) is 5.69 Å². The predicted octanol–water partition coefficient (Wildman–Crippen LogP) is 4.94. The number of fused-ring (bicyclic) bond motifs is 1. The molecule has 2 aromatic carbocycles. The summed E-state index contributed by atoms with van der Waals surface area (Å²) in [4.78, 5) is 4.28. The maximum Gasteiger partial charge on any atom is 0.232 e. The number of aromatic nitrogens is 2. The van der Waals surface area contributed by atoms with Crippen LogP contribution in [-0.2, 0) is 23.2 Å². The zero-order valence-electron chi connectivity index (χ0n) is 18.4. The van der Waals surface area contributed by atoms with Gasteiger partial charge in [-0.2, -0.15) is 5.26 Å². The molecule has 4 rings (SSSR count). The quantitative estimate of drug-likeness (QED) is 0.402. The molecule has 2 aromatic heterocycles. The van der Waals surface area contributed by atoms with Gasteiger partial charge in [-0.3, -0.25) is 9.71 Å². The van der Waals surface area contributed by atoms with Gasteiger partial charge in [-0.25, -0.2) is 8.42 Å². The second-order valence-electron chi connectivity index (χ2n) is 7.45. The summed E-state index contributed by atoms with van der Waals surface area (Å²) in [6, 6.07) is 20.8. The minimum atomic E-state index is -3.35. The average Bonchev–Trinajstić information content (AvgIpc) is 3.16. The molecule has 0 aliphatic heterocycles. The molecular weight excluding hydrogens is 436 g/mol. The lowest BCUT2D eigenvalue weighted by Crippen LogP contribution is -2.14. The minimum absolute atomic E-state index is 0.00213. The van der Waals surface area contributed by atoms with E-state index in [2.05, 4.69) is 20.3 Å². The molecule has 0 aliphatic rings. The first-order chi connectivity index (χ1) is 16.0. The van der Waals surface area contributed by atoms with Gasteiger partial charge in [-0.1, -0.05) is 18.2 Å². The first kappa shape index (κ1) is 22.4. The third-order valence-electron chi connectivity index (χ3n) is 5.39. The van der Waals surface area contributed by atoms with Crippen LogP contribution in [0.15, 0.2) is 66.9 Å². The molecule has 0 fully saturated rings. The summed E-state index contributed by atoms with van der Waals surface area (Å²) >= 11 is 0. The van der Waals surface area contributed by atoms with Crippen LogP contribution in [0.3, 0.4) is 0 Å². The number of ether oxygens (including phenoxy) is 1. The number of nitrogens with zero attached hydrogens (tertiary/aromatic N) is 3. The Balaban J connectivity index is 1.71. The van der Waals surface area contributed by atoms with Crippen molar-refractivity contribution in [1.29, 1.82) is 5.26 Å². The number of nitrogens with one attached hydrogen (secondary N) is 1. The van der Waals surface area contributed by atoms with Crippen LogP contribution in [0.5, 0.6) is 5.75 Å². The molecule has 168 valence electrons. The van der Waals surface area contributed by atoms with Crippen molar-refractivity contribution in [1.82, 2.24) is 9.55 Å². The van der Waals surface area contributed by atoms with Gasteiger partial charge in [-0.15, -0.1) is 0 Å². The average molecular weight is 461 g/mol. The van der Waals surface area contributed by atoms with Crippen LogP contribution in [0, 0.1) is 11.3 Å². The molecule has 0 saturated carbocycles. The lowest BCUT2D eigenvalue weighted by Gasteiger charge is -2.11. The molecule has 0 bridgehead atoms. The third kappa shape index (κ3) is 4.69. The third-order valence-corrected chi connectivity index (χ3v) is 6.70. The van der Waals surface area contributed by atoms with Gasteiger partial charge < -0.3 is 9.30 Å². The van der Waals surface area contributed by atoms with Crippen molar-refractivity contribution >= 4 is 26.6 Å². The lowest BCUT2D eigenvalue weighted by atomic mass is 10.1. The first-order valence-electron chi connectivity index (χ1n) is 10.7. The maximum absolute atomic E-state index is 11.8. The van der Waals surface area contributed by atoms with Crippen molar-refractivity contribution in [3.63, 3.8) is 0 Å². The minimum Gasteiger partial charge on any atom is -0.487 e. The summed E-state index contributed by atoms with van der Waals surface area (Å²) in [5.41, 5.74) is 4.43. The Kier molecular flexibility index (Phi) is 6.33. The van der Waals surface area contributed by atoms with Gasteiger partial charge in [0.15, 0.2) is 0 Å². The second kappa shape index (κ2) is 9.35. The van der Waals surface area contributed by atoms with Gasteiger partial charge >= 0.3 is 0 Å². The Morgan fingerprint density at radius 1 is 1.09 bits per heavy atom. The van der Waals surface area contributed by atoms with Crippen LogP contribution in [0.1, 0.15) is 25.1 Å². The molecule has 0 atom stereocenters. The molecule has 0 aliphatic carbocycles. The number of nitriles is 1. The van der Waals surface area contributed by atoms with Gasteiger partial charge in [0.05, 0.1) is 28.2 Å². The molecule has 0 unspecified atom stereocenters. The molecule has 1 N–H and O–H groups in total. The van der Waals surface area contributed by atoms with Crippen LogP contribution >= 0.6 is 0 Å².